The molecule has 5 atom stereocenters. The number of aliphatic carboxylic acids is 1. The van der Waals surface area contributed by atoms with E-state index in [0.29, 0.717) is 38.6 Å². The molecule has 0 spiro atoms. The second kappa shape index (κ2) is 15.2. The first-order chi connectivity index (χ1) is 17.3. The Morgan fingerprint density at radius 3 is 2.33 bits per heavy atom. The van der Waals surface area contributed by atoms with E-state index in [9.17, 15) is 24.3 Å². The number of carbonyl (C=O) groups excluding carboxylic acids is 3. The van der Waals surface area contributed by atoms with Gasteiger partial charge in [0, 0.05) is 6.42 Å². The van der Waals surface area contributed by atoms with E-state index in [1.165, 1.54) is 0 Å². The molecule has 200 valence electrons. The Hall–Kier alpha value is -2.98. The second-order valence-electron chi connectivity index (χ2n) is 9.46. The molecule has 0 bridgehead atoms. The highest BCUT2D eigenvalue weighted by atomic mass is 16.4. The van der Waals surface area contributed by atoms with E-state index in [-0.39, 0.29) is 24.3 Å². The van der Waals surface area contributed by atoms with Crippen LogP contribution in [0.5, 0.6) is 0 Å². The van der Waals surface area contributed by atoms with Gasteiger partial charge in [0.25, 0.3) is 0 Å². The highest BCUT2D eigenvalue weighted by molar-refractivity contribution is 5.94. The van der Waals surface area contributed by atoms with Gasteiger partial charge in [-0.25, -0.2) is 4.79 Å². The number of hydrogen-bond donors (Lipinski definition) is 6. The van der Waals surface area contributed by atoms with Crippen LogP contribution in [0.25, 0.3) is 0 Å². The summed E-state index contributed by atoms with van der Waals surface area (Å²) in [5, 5.41) is 21.0. The molecule has 7 N–H and O–H groups in total. The molecule has 10 nitrogen and oxygen atoms in total. The Bertz CT molecular complexity index is 860. The first-order valence-electron chi connectivity index (χ1n) is 12.9. The number of carbonyl (C=O) groups is 4. The second-order valence-corrected chi connectivity index (χ2v) is 9.46. The monoisotopic (exact) mass is 503 g/mol. The standard InChI is InChI=1S/C26H41N5O5/c1-3-17(2)22(26(35)36)31-25(34)21(16-18-10-5-4-6-11-18)30-24(33)20(12-7-8-14-27)29-23(32)19-13-9-15-28-19/h4-6,10-11,17,19-22,28H,3,7-9,12-16,27H2,1-2H3,(H,29,32)(H,30,33)(H,31,34)(H,35,36). The number of nitrogens with two attached hydrogens (primary N) is 1. The van der Waals surface area contributed by atoms with Crippen molar-refractivity contribution in [2.75, 3.05) is 13.1 Å². The summed E-state index contributed by atoms with van der Waals surface area (Å²) in [6.07, 6.45) is 4.06. The fourth-order valence-corrected chi connectivity index (χ4v) is 4.21. The van der Waals surface area contributed by atoms with Crippen molar-refractivity contribution in [2.24, 2.45) is 11.7 Å². The molecule has 1 aliphatic rings. The molecule has 1 aromatic rings. The average Bonchev–Trinajstić information content (AvgIpc) is 3.41. The molecule has 5 unspecified atom stereocenters. The summed E-state index contributed by atoms with van der Waals surface area (Å²) in [7, 11) is 0. The van der Waals surface area contributed by atoms with Gasteiger partial charge in [0.1, 0.15) is 18.1 Å². The van der Waals surface area contributed by atoms with Gasteiger partial charge in [0.05, 0.1) is 6.04 Å². The first kappa shape index (κ1) is 29.3. The predicted octanol–water partition coefficient (Wildman–Crippen LogP) is 0.695. The number of hydrogen-bond acceptors (Lipinski definition) is 6. The molecule has 1 fully saturated rings. The summed E-state index contributed by atoms with van der Waals surface area (Å²) < 4.78 is 0. The molecular weight excluding hydrogens is 462 g/mol. The maximum absolute atomic E-state index is 13.3. The number of rotatable bonds is 15. The number of unbranched alkanes of at least 4 members (excludes halogenated alkanes) is 1. The molecule has 1 aliphatic heterocycles. The fraction of sp³-hybridized carbons (Fsp3) is 0.615. The maximum atomic E-state index is 13.3. The molecule has 3 amide bonds. The van der Waals surface area contributed by atoms with Gasteiger partial charge in [0.15, 0.2) is 0 Å². The predicted molar refractivity (Wildman–Crippen MR) is 137 cm³/mol. The van der Waals surface area contributed by atoms with Crippen molar-refractivity contribution in [1.82, 2.24) is 21.3 Å². The van der Waals surface area contributed by atoms with Gasteiger partial charge in [-0.2, -0.15) is 0 Å². The molecular formula is C26H41N5O5. The molecule has 0 saturated carbocycles. The van der Waals surface area contributed by atoms with E-state index in [1.807, 2.05) is 37.3 Å². The molecule has 1 aromatic carbocycles. The number of carboxylic acids is 1. The van der Waals surface area contributed by atoms with E-state index in [4.69, 9.17) is 5.73 Å². The molecule has 0 radical (unpaired) electrons. The molecule has 1 saturated heterocycles. The Morgan fingerprint density at radius 1 is 1.06 bits per heavy atom. The molecule has 2 rings (SSSR count). The van der Waals surface area contributed by atoms with Gasteiger partial charge in [-0.1, -0.05) is 50.6 Å². The molecule has 10 heteroatoms. The molecule has 0 aromatic heterocycles. The Kier molecular flexibility index (Phi) is 12.4. The first-order valence-corrected chi connectivity index (χ1v) is 12.9. The minimum Gasteiger partial charge on any atom is -0.480 e. The van der Waals surface area contributed by atoms with Crippen LogP contribution in [0.1, 0.15) is 57.9 Å². The lowest BCUT2D eigenvalue weighted by molar-refractivity contribution is -0.143. The van der Waals surface area contributed by atoms with E-state index in [1.54, 1.807) is 6.92 Å². The zero-order valence-corrected chi connectivity index (χ0v) is 21.3. The van der Waals surface area contributed by atoms with Crippen molar-refractivity contribution < 1.29 is 24.3 Å². The topological polar surface area (TPSA) is 163 Å². The van der Waals surface area contributed by atoms with Gasteiger partial charge in [-0.15, -0.1) is 0 Å². The van der Waals surface area contributed by atoms with Gasteiger partial charge < -0.3 is 32.1 Å². The minimum absolute atomic E-state index is 0.179. The SMILES string of the molecule is CCC(C)C(NC(=O)C(Cc1ccccc1)NC(=O)C(CCCCN)NC(=O)C1CCCN1)C(=O)O. The quantitative estimate of drug-likeness (QED) is 0.192. The number of amides is 3. The highest BCUT2D eigenvalue weighted by Gasteiger charge is 2.32. The van der Waals surface area contributed by atoms with E-state index in [2.05, 4.69) is 21.3 Å². The average molecular weight is 504 g/mol. The summed E-state index contributed by atoms with van der Waals surface area (Å²) >= 11 is 0. The Morgan fingerprint density at radius 2 is 1.75 bits per heavy atom. The third-order valence-electron chi connectivity index (χ3n) is 6.65. The van der Waals surface area contributed by atoms with Crippen molar-refractivity contribution >= 4 is 23.7 Å². The zero-order chi connectivity index (χ0) is 26.5. The Labute approximate surface area is 213 Å². The van der Waals surface area contributed by atoms with Gasteiger partial charge in [-0.05, 0) is 56.7 Å². The number of carboxylic acid groups (broad SMARTS) is 1. The molecule has 1 heterocycles. The summed E-state index contributed by atoms with van der Waals surface area (Å²) in [4.78, 5) is 51.0. The largest absolute Gasteiger partial charge is 0.480 e. The van der Waals surface area contributed by atoms with Crippen LogP contribution in [-0.2, 0) is 25.6 Å². The number of nitrogens with one attached hydrogen (secondary N) is 4. The van der Waals surface area contributed by atoms with Crippen LogP contribution in [0.2, 0.25) is 0 Å². The lowest BCUT2D eigenvalue weighted by atomic mass is 9.98. The summed E-state index contributed by atoms with van der Waals surface area (Å²) in [5.74, 6) is -2.72. The van der Waals surface area contributed by atoms with Crippen molar-refractivity contribution in [3.63, 3.8) is 0 Å². The lowest BCUT2D eigenvalue weighted by Crippen LogP contribution is -2.58. The van der Waals surface area contributed by atoms with Crippen LogP contribution in [-0.4, -0.2) is 66.1 Å². The lowest BCUT2D eigenvalue weighted by Gasteiger charge is -2.26. The van der Waals surface area contributed by atoms with E-state index >= 15 is 0 Å². The minimum atomic E-state index is -1.13. The van der Waals surface area contributed by atoms with Crippen molar-refractivity contribution in [3.8, 4) is 0 Å². The highest BCUT2D eigenvalue weighted by Crippen LogP contribution is 2.11. The third-order valence-corrected chi connectivity index (χ3v) is 6.65. The van der Waals surface area contributed by atoms with E-state index < -0.39 is 35.9 Å². The molecule has 36 heavy (non-hydrogen) atoms. The fourth-order valence-electron chi connectivity index (χ4n) is 4.21. The van der Waals surface area contributed by atoms with Gasteiger partial charge in [0.2, 0.25) is 17.7 Å². The van der Waals surface area contributed by atoms with Gasteiger partial charge >= 0.3 is 5.97 Å². The van der Waals surface area contributed by atoms with Crippen LogP contribution >= 0.6 is 0 Å². The van der Waals surface area contributed by atoms with Crippen LogP contribution in [0.15, 0.2) is 30.3 Å². The van der Waals surface area contributed by atoms with Crippen LogP contribution in [0.3, 0.4) is 0 Å². The maximum Gasteiger partial charge on any atom is 0.326 e. The molecule has 0 aliphatic carbocycles. The van der Waals surface area contributed by atoms with Crippen LogP contribution in [0, 0.1) is 5.92 Å². The third kappa shape index (κ3) is 9.23. The summed E-state index contributed by atoms with van der Waals surface area (Å²) in [6.45, 7) is 4.83. The summed E-state index contributed by atoms with van der Waals surface area (Å²) in [6, 6.07) is 5.92. The van der Waals surface area contributed by atoms with E-state index in [0.717, 1.165) is 18.5 Å². The smallest absolute Gasteiger partial charge is 0.326 e. The van der Waals surface area contributed by atoms with Crippen molar-refractivity contribution in [3.05, 3.63) is 35.9 Å². The van der Waals surface area contributed by atoms with Crippen LogP contribution in [0.4, 0.5) is 0 Å². The summed E-state index contributed by atoms with van der Waals surface area (Å²) in [5.41, 5.74) is 6.42. The van der Waals surface area contributed by atoms with Crippen molar-refractivity contribution in [2.45, 2.75) is 83.0 Å². The normalized spacial score (nSPS) is 18.5. The number of benzene rings is 1. The van der Waals surface area contributed by atoms with Gasteiger partial charge in [-0.3, -0.25) is 14.4 Å². The Balaban J connectivity index is 2.19. The van der Waals surface area contributed by atoms with Crippen molar-refractivity contribution in [1.29, 1.82) is 0 Å². The zero-order valence-electron chi connectivity index (χ0n) is 21.3. The van der Waals surface area contributed by atoms with Crippen LogP contribution < -0.4 is 27.0 Å².